The molecule has 1 N–H and O–H groups in total. The highest BCUT2D eigenvalue weighted by Crippen LogP contribution is 2.30. The molecule has 0 spiro atoms. The summed E-state index contributed by atoms with van der Waals surface area (Å²) in [6, 6.07) is 0.424. The molecule has 0 radical (unpaired) electrons. The Morgan fingerprint density at radius 3 is 3.00 bits per heavy atom. The minimum absolute atomic E-state index is 0.272. The molecule has 0 aromatic carbocycles. The zero-order chi connectivity index (χ0) is 10.8. The number of nitrogens with zero attached hydrogens (tertiary/aromatic N) is 3. The van der Waals surface area contributed by atoms with Crippen LogP contribution in [0.1, 0.15) is 31.5 Å². The molecule has 1 aliphatic carbocycles. The van der Waals surface area contributed by atoms with E-state index < -0.39 is 0 Å². The lowest BCUT2D eigenvalue weighted by atomic mass is 10.4. The highest BCUT2D eigenvalue weighted by Gasteiger charge is 2.39. The normalized spacial score (nSPS) is 17.1. The van der Waals surface area contributed by atoms with Crippen LogP contribution in [-0.2, 0) is 6.54 Å². The topological polar surface area (TPSA) is 77.4 Å². The maximum Gasteiger partial charge on any atom is 0.325 e. The van der Waals surface area contributed by atoms with Crippen molar-refractivity contribution >= 4 is 11.8 Å². The average molecular weight is 210 g/mol. The fraction of sp³-hybridized carbons (Fsp3) is 0.667. The number of hydrogen-bond donors (Lipinski definition) is 1. The number of aromatic nitrogens is 2. The van der Waals surface area contributed by atoms with Crippen molar-refractivity contribution in [1.29, 1.82) is 0 Å². The first-order valence-corrected chi connectivity index (χ1v) is 4.99. The van der Waals surface area contributed by atoms with Crippen LogP contribution in [0, 0.1) is 0 Å². The van der Waals surface area contributed by atoms with Crippen LogP contribution >= 0.6 is 0 Å². The van der Waals surface area contributed by atoms with Gasteiger partial charge in [0.1, 0.15) is 0 Å². The maximum atomic E-state index is 10.9. The van der Waals surface area contributed by atoms with Crippen LogP contribution in [0.15, 0.2) is 9.52 Å². The van der Waals surface area contributed by atoms with Crippen LogP contribution < -0.4 is 15.1 Å². The fourth-order valence-corrected chi connectivity index (χ4v) is 1.44. The molecular weight excluding hydrogens is 196 g/mol. The van der Waals surface area contributed by atoms with E-state index >= 15 is 0 Å². The summed E-state index contributed by atoms with van der Waals surface area (Å²) in [6.07, 6.45) is 2.24. The Bertz CT molecular complexity index is 377. The summed E-state index contributed by atoms with van der Waals surface area (Å²) in [5.74, 6) is 0.0511. The van der Waals surface area contributed by atoms with Crippen molar-refractivity contribution in [2.24, 2.45) is 4.99 Å². The molecule has 1 saturated carbocycles. The number of nitrogens with one attached hydrogen (secondary N) is 1. The monoisotopic (exact) mass is 210 g/mol. The van der Waals surface area contributed by atoms with Crippen molar-refractivity contribution in [2.75, 3.05) is 7.05 Å². The molecule has 82 valence electrons. The lowest BCUT2D eigenvalue weighted by Gasteiger charge is -1.98. The smallest absolute Gasteiger partial charge is 0.325 e. The van der Waals surface area contributed by atoms with Gasteiger partial charge in [0, 0.05) is 12.8 Å². The first-order valence-electron chi connectivity index (χ1n) is 4.99. The zero-order valence-corrected chi connectivity index (χ0v) is 8.86. The Kier molecular flexibility index (Phi) is 2.68. The van der Waals surface area contributed by atoms with E-state index in [9.17, 15) is 5.11 Å². The molecule has 0 saturated heterocycles. The molecule has 1 aliphatic rings. The van der Waals surface area contributed by atoms with Gasteiger partial charge in [0.05, 0.1) is 6.54 Å². The third-order valence-corrected chi connectivity index (χ3v) is 2.23. The highest BCUT2D eigenvalue weighted by atomic mass is 16.5. The van der Waals surface area contributed by atoms with Gasteiger partial charge in [-0.05, 0) is 24.6 Å². The second kappa shape index (κ2) is 3.98. The molecule has 1 aromatic rings. The third kappa shape index (κ3) is 2.15. The first-order chi connectivity index (χ1) is 7.22. The summed E-state index contributed by atoms with van der Waals surface area (Å²) < 4.78 is 6.86. The van der Waals surface area contributed by atoms with Crippen molar-refractivity contribution in [3.8, 4) is 0 Å². The van der Waals surface area contributed by atoms with Gasteiger partial charge in [0.2, 0.25) is 5.27 Å². The molecule has 0 bridgehead atoms. The van der Waals surface area contributed by atoms with Gasteiger partial charge in [-0.1, -0.05) is 0 Å². The van der Waals surface area contributed by atoms with Crippen LogP contribution in [0.3, 0.4) is 0 Å². The Hall–Kier alpha value is -1.43. The molecule has 0 unspecified atom stereocenters. The molecule has 0 amide bonds. The van der Waals surface area contributed by atoms with E-state index in [2.05, 4.69) is 15.6 Å². The van der Waals surface area contributed by atoms with Gasteiger partial charge < -0.3 is 10.4 Å². The lowest BCUT2D eigenvalue weighted by molar-refractivity contribution is -0.771. The molecule has 0 aliphatic heterocycles. The molecule has 6 nitrogen and oxygen atoms in total. The number of rotatable bonds is 4. The van der Waals surface area contributed by atoms with Crippen molar-refractivity contribution in [3.63, 3.8) is 0 Å². The third-order valence-electron chi connectivity index (χ3n) is 2.23. The minimum Gasteiger partial charge on any atom is -0.862 e. The van der Waals surface area contributed by atoms with Crippen LogP contribution in [0.25, 0.3) is 0 Å². The van der Waals surface area contributed by atoms with E-state index in [1.165, 1.54) is 6.92 Å². The van der Waals surface area contributed by atoms with Crippen molar-refractivity contribution in [2.45, 2.75) is 32.4 Å². The number of hydrogen-bond acceptors (Lipinski definition) is 5. The molecule has 6 heteroatoms. The molecule has 1 fully saturated rings. The van der Waals surface area contributed by atoms with Crippen molar-refractivity contribution < 1.29 is 14.3 Å². The molecule has 15 heavy (non-hydrogen) atoms. The van der Waals surface area contributed by atoms with Gasteiger partial charge in [-0.15, -0.1) is 0 Å². The predicted molar refractivity (Wildman–Crippen MR) is 50.5 cm³/mol. The zero-order valence-electron chi connectivity index (χ0n) is 8.86. The Labute approximate surface area is 87.6 Å². The minimum atomic E-state index is -0.272. The van der Waals surface area contributed by atoms with Gasteiger partial charge in [-0.2, -0.15) is 0 Å². The van der Waals surface area contributed by atoms with Gasteiger partial charge in [-0.3, -0.25) is 4.52 Å². The standard InChI is InChI=1S/C9H14N4O2/c1-6(14)11-9-8(5-10-2)13(12-15-9)7-3-4-7/h7,10H,3-5H2,1-2H3. The second-order valence-electron chi connectivity index (χ2n) is 3.66. The lowest BCUT2D eigenvalue weighted by Crippen LogP contribution is -2.39. The highest BCUT2D eigenvalue weighted by molar-refractivity contribution is 5.71. The average Bonchev–Trinajstić information content (AvgIpc) is 2.93. The molecule has 1 aromatic heterocycles. The first kappa shape index (κ1) is 10.1. The summed E-state index contributed by atoms with van der Waals surface area (Å²) in [6.45, 7) is 2.00. The molecule has 1 heterocycles. The molecule has 0 atom stereocenters. The van der Waals surface area contributed by atoms with E-state index in [0.717, 1.165) is 18.5 Å². The second-order valence-corrected chi connectivity index (χ2v) is 3.66. The summed E-state index contributed by atoms with van der Waals surface area (Å²) in [5, 5.41) is 17.8. The Morgan fingerprint density at radius 1 is 1.73 bits per heavy atom. The Morgan fingerprint density at radius 2 is 2.47 bits per heavy atom. The van der Waals surface area contributed by atoms with Gasteiger partial charge in [0.15, 0.2) is 6.04 Å². The quantitative estimate of drug-likeness (QED) is 0.410. The van der Waals surface area contributed by atoms with E-state index in [1.54, 1.807) is 0 Å². The largest absolute Gasteiger partial charge is 0.862 e. The van der Waals surface area contributed by atoms with Crippen LogP contribution in [0.5, 0.6) is 0 Å². The van der Waals surface area contributed by atoms with Crippen molar-refractivity contribution in [1.82, 2.24) is 10.6 Å². The molecular formula is C9H14N4O2. The van der Waals surface area contributed by atoms with E-state index in [4.69, 9.17) is 4.52 Å². The summed E-state index contributed by atoms with van der Waals surface area (Å²) in [7, 11) is 1.84. The molecule has 2 rings (SSSR count). The van der Waals surface area contributed by atoms with Crippen LogP contribution in [0.2, 0.25) is 0 Å². The van der Waals surface area contributed by atoms with Gasteiger partial charge in [-0.25, -0.2) is 4.99 Å². The summed E-state index contributed by atoms with van der Waals surface area (Å²) in [4.78, 5) is 3.78. The van der Waals surface area contributed by atoms with E-state index in [1.807, 2.05) is 11.7 Å². The van der Waals surface area contributed by atoms with E-state index in [0.29, 0.717) is 18.5 Å². The van der Waals surface area contributed by atoms with Gasteiger partial charge in [0.25, 0.3) is 5.69 Å². The Balaban J connectivity index is 2.32. The maximum absolute atomic E-state index is 10.9. The van der Waals surface area contributed by atoms with Crippen LogP contribution in [-0.4, -0.2) is 18.2 Å². The van der Waals surface area contributed by atoms with Crippen molar-refractivity contribution in [3.05, 3.63) is 5.69 Å². The fourth-order valence-electron chi connectivity index (χ4n) is 1.44. The van der Waals surface area contributed by atoms with Crippen LogP contribution in [0.4, 0.5) is 5.88 Å². The summed E-state index contributed by atoms with van der Waals surface area (Å²) in [5.41, 5.74) is 0.843. The summed E-state index contributed by atoms with van der Waals surface area (Å²) >= 11 is 0. The van der Waals surface area contributed by atoms with E-state index in [-0.39, 0.29) is 5.90 Å². The predicted octanol–water partition coefficient (Wildman–Crippen LogP) is -0.573. The SMILES string of the molecule is CNCc1c(/N=C(/C)[O-])on[n+]1C1CC1. The van der Waals surface area contributed by atoms with Gasteiger partial charge >= 0.3 is 5.88 Å². The number of aliphatic imine (C=N–C) groups is 1.